The Bertz CT molecular complexity index is 510. The third-order valence-corrected chi connectivity index (χ3v) is 4.74. The number of thiophene rings is 1. The molecular weight excluding hydrogens is 272 g/mol. The lowest BCUT2D eigenvalue weighted by molar-refractivity contribution is 0.940. The fourth-order valence-corrected chi connectivity index (χ4v) is 3.76. The van der Waals surface area contributed by atoms with Crippen molar-refractivity contribution in [3.63, 3.8) is 0 Å². The first-order chi connectivity index (χ1) is 8.24. The molecule has 0 bridgehead atoms. The number of fused-ring (bicyclic) bond motifs is 1. The van der Waals surface area contributed by atoms with Gasteiger partial charge in [-0.2, -0.15) is 0 Å². The molecule has 2 heterocycles. The monoisotopic (exact) mass is 286 g/mol. The molecule has 17 heavy (non-hydrogen) atoms. The SMILES string of the molecule is CCCSc1nc(Cl)c2cc(CCC)sc2n1. The van der Waals surface area contributed by atoms with Crippen LogP contribution < -0.4 is 0 Å². The van der Waals surface area contributed by atoms with Gasteiger partial charge in [0.1, 0.15) is 9.98 Å². The van der Waals surface area contributed by atoms with Crippen LogP contribution in [0.2, 0.25) is 5.15 Å². The summed E-state index contributed by atoms with van der Waals surface area (Å²) in [5, 5.41) is 2.39. The zero-order chi connectivity index (χ0) is 12.3. The van der Waals surface area contributed by atoms with Gasteiger partial charge in [0.15, 0.2) is 5.16 Å². The molecule has 2 nitrogen and oxygen atoms in total. The van der Waals surface area contributed by atoms with Crippen LogP contribution in [0.3, 0.4) is 0 Å². The van der Waals surface area contributed by atoms with Crippen molar-refractivity contribution in [2.24, 2.45) is 0 Å². The molecule has 0 saturated heterocycles. The number of rotatable bonds is 5. The fraction of sp³-hybridized carbons (Fsp3) is 0.500. The predicted molar refractivity (Wildman–Crippen MR) is 77.4 cm³/mol. The Morgan fingerprint density at radius 1 is 1.29 bits per heavy atom. The molecular formula is C12H15ClN2S2. The summed E-state index contributed by atoms with van der Waals surface area (Å²) in [6.07, 6.45) is 3.36. The predicted octanol–water partition coefficient (Wildman–Crippen LogP) is 4.80. The van der Waals surface area contributed by atoms with E-state index in [9.17, 15) is 0 Å². The van der Waals surface area contributed by atoms with E-state index in [-0.39, 0.29) is 0 Å². The van der Waals surface area contributed by atoms with Gasteiger partial charge < -0.3 is 0 Å². The first kappa shape index (κ1) is 13.1. The molecule has 92 valence electrons. The van der Waals surface area contributed by atoms with E-state index in [4.69, 9.17) is 11.6 Å². The Morgan fingerprint density at radius 2 is 2.12 bits per heavy atom. The summed E-state index contributed by atoms with van der Waals surface area (Å²) >= 11 is 9.60. The zero-order valence-electron chi connectivity index (χ0n) is 9.99. The van der Waals surface area contributed by atoms with Gasteiger partial charge in [0.2, 0.25) is 0 Å². The lowest BCUT2D eigenvalue weighted by Gasteiger charge is -1.99. The van der Waals surface area contributed by atoms with E-state index in [0.717, 1.165) is 40.4 Å². The van der Waals surface area contributed by atoms with Gasteiger partial charge in [-0.25, -0.2) is 9.97 Å². The summed E-state index contributed by atoms with van der Waals surface area (Å²) in [6.45, 7) is 4.33. The normalized spacial score (nSPS) is 11.2. The van der Waals surface area contributed by atoms with Crippen molar-refractivity contribution in [3.8, 4) is 0 Å². The summed E-state index contributed by atoms with van der Waals surface area (Å²) in [6, 6.07) is 2.13. The molecule has 0 fully saturated rings. The number of aromatic nitrogens is 2. The van der Waals surface area contributed by atoms with Crippen molar-refractivity contribution in [2.45, 2.75) is 38.3 Å². The Labute approximate surface area is 115 Å². The largest absolute Gasteiger partial charge is 0.211 e. The third-order valence-electron chi connectivity index (χ3n) is 2.31. The molecule has 0 atom stereocenters. The number of halogens is 1. The Kier molecular flexibility index (Phi) is 4.65. The third kappa shape index (κ3) is 3.12. The molecule has 0 aliphatic heterocycles. The highest BCUT2D eigenvalue weighted by Gasteiger charge is 2.10. The first-order valence-electron chi connectivity index (χ1n) is 5.83. The summed E-state index contributed by atoms with van der Waals surface area (Å²) in [7, 11) is 0. The molecule has 0 radical (unpaired) electrons. The number of aryl methyl sites for hydroxylation is 1. The van der Waals surface area contributed by atoms with Crippen molar-refractivity contribution >= 4 is 44.9 Å². The van der Waals surface area contributed by atoms with Gasteiger partial charge in [0.05, 0.1) is 0 Å². The molecule has 2 aromatic rings. The molecule has 0 amide bonds. The number of hydrogen-bond acceptors (Lipinski definition) is 4. The Hall–Kier alpha value is -0.320. The van der Waals surface area contributed by atoms with Crippen LogP contribution in [-0.4, -0.2) is 15.7 Å². The molecule has 5 heteroatoms. The van der Waals surface area contributed by atoms with Crippen LogP contribution in [0.4, 0.5) is 0 Å². The average Bonchev–Trinajstić information content (AvgIpc) is 2.70. The van der Waals surface area contributed by atoms with Crippen LogP contribution in [0, 0.1) is 0 Å². The Morgan fingerprint density at radius 3 is 2.82 bits per heavy atom. The van der Waals surface area contributed by atoms with Crippen molar-refractivity contribution in [1.82, 2.24) is 9.97 Å². The minimum atomic E-state index is 0.590. The maximum Gasteiger partial charge on any atom is 0.190 e. The van der Waals surface area contributed by atoms with Crippen molar-refractivity contribution in [2.75, 3.05) is 5.75 Å². The van der Waals surface area contributed by atoms with E-state index in [1.807, 2.05) is 0 Å². The maximum atomic E-state index is 6.20. The minimum absolute atomic E-state index is 0.590. The van der Waals surface area contributed by atoms with Crippen molar-refractivity contribution in [1.29, 1.82) is 0 Å². The smallest absolute Gasteiger partial charge is 0.190 e. The van der Waals surface area contributed by atoms with Gasteiger partial charge in [-0.05, 0) is 18.9 Å². The first-order valence-corrected chi connectivity index (χ1v) is 8.01. The maximum absolute atomic E-state index is 6.20. The van der Waals surface area contributed by atoms with Gasteiger partial charge in [0.25, 0.3) is 0 Å². The van der Waals surface area contributed by atoms with Crippen LogP contribution in [0.15, 0.2) is 11.2 Å². The highest BCUT2D eigenvalue weighted by Crippen LogP contribution is 2.31. The highest BCUT2D eigenvalue weighted by molar-refractivity contribution is 7.99. The average molecular weight is 287 g/mol. The molecule has 0 spiro atoms. The minimum Gasteiger partial charge on any atom is -0.211 e. The van der Waals surface area contributed by atoms with Crippen LogP contribution in [-0.2, 0) is 6.42 Å². The fourth-order valence-electron chi connectivity index (χ4n) is 1.55. The second-order valence-corrected chi connectivity index (χ2v) is 6.36. The lowest BCUT2D eigenvalue weighted by Crippen LogP contribution is -1.88. The van der Waals surface area contributed by atoms with E-state index in [1.165, 1.54) is 4.88 Å². The molecule has 0 N–H and O–H groups in total. The molecule has 0 aliphatic rings. The van der Waals surface area contributed by atoms with Crippen LogP contribution >= 0.6 is 34.7 Å². The van der Waals surface area contributed by atoms with Crippen LogP contribution in [0.25, 0.3) is 10.2 Å². The summed E-state index contributed by atoms with van der Waals surface area (Å²) in [5.41, 5.74) is 0. The quantitative estimate of drug-likeness (QED) is 0.448. The summed E-state index contributed by atoms with van der Waals surface area (Å²) < 4.78 is 0. The van der Waals surface area contributed by atoms with E-state index < -0.39 is 0 Å². The molecule has 0 saturated carbocycles. The van der Waals surface area contributed by atoms with E-state index >= 15 is 0 Å². The van der Waals surface area contributed by atoms with Gasteiger partial charge in [-0.3, -0.25) is 0 Å². The van der Waals surface area contributed by atoms with Gasteiger partial charge in [-0.15, -0.1) is 11.3 Å². The lowest BCUT2D eigenvalue weighted by atomic mass is 10.3. The zero-order valence-corrected chi connectivity index (χ0v) is 12.4. The molecule has 2 rings (SSSR count). The van der Waals surface area contributed by atoms with Crippen molar-refractivity contribution in [3.05, 3.63) is 16.1 Å². The van der Waals surface area contributed by atoms with Gasteiger partial charge >= 0.3 is 0 Å². The van der Waals surface area contributed by atoms with Gasteiger partial charge in [-0.1, -0.05) is 43.6 Å². The second-order valence-electron chi connectivity index (χ2n) is 3.83. The summed E-state index contributed by atoms with van der Waals surface area (Å²) in [4.78, 5) is 11.3. The Balaban J connectivity index is 2.35. The van der Waals surface area contributed by atoms with Crippen LogP contribution in [0.5, 0.6) is 0 Å². The van der Waals surface area contributed by atoms with E-state index in [0.29, 0.717) is 5.15 Å². The van der Waals surface area contributed by atoms with E-state index in [1.54, 1.807) is 23.1 Å². The second kappa shape index (κ2) is 6.03. The number of thioether (sulfide) groups is 1. The topological polar surface area (TPSA) is 25.8 Å². The number of hydrogen-bond donors (Lipinski definition) is 0. The van der Waals surface area contributed by atoms with Gasteiger partial charge in [0, 0.05) is 16.0 Å². The van der Waals surface area contributed by atoms with E-state index in [2.05, 4.69) is 29.9 Å². The standard InChI is InChI=1S/C12H15ClN2S2/c1-3-5-8-7-9-10(13)14-12(16-6-4-2)15-11(9)17-8/h7H,3-6H2,1-2H3. The summed E-state index contributed by atoms with van der Waals surface area (Å²) in [5.74, 6) is 1.04. The molecule has 0 unspecified atom stereocenters. The van der Waals surface area contributed by atoms with Crippen LogP contribution in [0.1, 0.15) is 31.6 Å². The molecule has 2 aromatic heterocycles. The molecule has 0 aliphatic carbocycles. The highest BCUT2D eigenvalue weighted by atomic mass is 35.5. The van der Waals surface area contributed by atoms with Crippen molar-refractivity contribution < 1.29 is 0 Å². The molecule has 0 aromatic carbocycles. The number of nitrogens with zero attached hydrogens (tertiary/aromatic N) is 2.